The van der Waals surface area contributed by atoms with Gasteiger partial charge in [-0.05, 0) is 37.1 Å². The quantitative estimate of drug-likeness (QED) is 0.217. The van der Waals surface area contributed by atoms with Crippen molar-refractivity contribution in [2.24, 2.45) is 0 Å². The lowest BCUT2D eigenvalue weighted by molar-refractivity contribution is -0.121. The van der Waals surface area contributed by atoms with Gasteiger partial charge in [-0.3, -0.25) is 9.78 Å². The van der Waals surface area contributed by atoms with Gasteiger partial charge in [0.2, 0.25) is 11.1 Å². The molecule has 1 amide bonds. The molecular formula is C28H28N6OS. The van der Waals surface area contributed by atoms with Gasteiger partial charge in [-0.2, -0.15) is 0 Å². The number of para-hydroxylation sites is 1. The van der Waals surface area contributed by atoms with Gasteiger partial charge < -0.3 is 9.88 Å². The summed E-state index contributed by atoms with van der Waals surface area (Å²) in [5, 5.41) is 13.6. The van der Waals surface area contributed by atoms with Crippen LogP contribution in [0.4, 0.5) is 0 Å². The van der Waals surface area contributed by atoms with Crippen LogP contribution in [0.5, 0.6) is 0 Å². The summed E-state index contributed by atoms with van der Waals surface area (Å²) in [6.07, 6.45) is 3.72. The summed E-state index contributed by atoms with van der Waals surface area (Å²) >= 11 is 1.54. The average Bonchev–Trinajstić information content (AvgIpc) is 3.20. The molecule has 0 saturated heterocycles. The van der Waals surface area contributed by atoms with Crippen molar-refractivity contribution in [2.45, 2.75) is 37.9 Å². The van der Waals surface area contributed by atoms with Crippen LogP contribution in [0.1, 0.15) is 29.7 Å². The van der Waals surface area contributed by atoms with Crippen molar-refractivity contribution in [3.8, 4) is 0 Å². The van der Waals surface area contributed by atoms with E-state index in [4.69, 9.17) is 4.98 Å². The second kappa shape index (κ2) is 11.3. The van der Waals surface area contributed by atoms with Gasteiger partial charge in [0.1, 0.15) is 5.52 Å². The minimum absolute atomic E-state index is 0.0549. The summed E-state index contributed by atoms with van der Waals surface area (Å²) in [5.41, 5.74) is 6.18. The van der Waals surface area contributed by atoms with Crippen LogP contribution in [0, 0.1) is 6.92 Å². The molecule has 7 nitrogen and oxygen atoms in total. The molecule has 36 heavy (non-hydrogen) atoms. The van der Waals surface area contributed by atoms with Crippen molar-refractivity contribution < 1.29 is 4.79 Å². The van der Waals surface area contributed by atoms with Crippen LogP contribution in [0.3, 0.4) is 0 Å². The van der Waals surface area contributed by atoms with Gasteiger partial charge >= 0.3 is 0 Å². The van der Waals surface area contributed by atoms with Crippen molar-refractivity contribution in [2.75, 3.05) is 12.3 Å². The van der Waals surface area contributed by atoms with Crippen molar-refractivity contribution in [1.29, 1.82) is 0 Å². The molecule has 0 spiro atoms. The van der Waals surface area contributed by atoms with E-state index in [0.29, 0.717) is 24.7 Å². The zero-order valence-corrected chi connectivity index (χ0v) is 21.0. The van der Waals surface area contributed by atoms with Gasteiger partial charge in [0, 0.05) is 49.0 Å². The summed E-state index contributed by atoms with van der Waals surface area (Å²) in [6, 6.07) is 22.6. The van der Waals surface area contributed by atoms with Gasteiger partial charge in [0.15, 0.2) is 5.65 Å². The number of benzene rings is 2. The summed E-state index contributed by atoms with van der Waals surface area (Å²) in [5.74, 6) is 0.804. The third kappa shape index (κ3) is 5.71. The highest BCUT2D eigenvalue weighted by Gasteiger charge is 2.15. The number of nitrogens with zero attached hydrogens (tertiary/aromatic N) is 5. The summed E-state index contributed by atoms with van der Waals surface area (Å²) in [6.45, 7) is 3.42. The van der Waals surface area contributed by atoms with E-state index >= 15 is 0 Å². The molecule has 2 aromatic carbocycles. The molecule has 0 aliphatic rings. The molecule has 0 atom stereocenters. The highest BCUT2D eigenvalue weighted by Crippen LogP contribution is 2.28. The first-order valence-corrected chi connectivity index (χ1v) is 13.1. The van der Waals surface area contributed by atoms with Crippen molar-refractivity contribution in [3.05, 3.63) is 89.7 Å². The predicted molar refractivity (Wildman–Crippen MR) is 144 cm³/mol. The van der Waals surface area contributed by atoms with Crippen LogP contribution in [-0.4, -0.2) is 42.9 Å². The Morgan fingerprint density at radius 1 is 1.03 bits per heavy atom. The molecule has 0 saturated carbocycles. The Labute approximate surface area is 214 Å². The highest BCUT2D eigenvalue weighted by atomic mass is 32.2. The maximum Gasteiger partial charge on any atom is 0.220 e. The van der Waals surface area contributed by atoms with Gasteiger partial charge in [0.05, 0.1) is 5.52 Å². The van der Waals surface area contributed by atoms with Gasteiger partial charge in [-0.15, -0.1) is 10.2 Å². The molecule has 5 aromatic rings. The summed E-state index contributed by atoms with van der Waals surface area (Å²) in [7, 11) is 0. The number of thioether (sulfide) groups is 1. The van der Waals surface area contributed by atoms with Crippen molar-refractivity contribution in [3.63, 3.8) is 0 Å². The number of pyridine rings is 1. The van der Waals surface area contributed by atoms with E-state index in [9.17, 15) is 4.79 Å². The Morgan fingerprint density at radius 3 is 2.78 bits per heavy atom. The maximum atomic E-state index is 12.2. The Kier molecular flexibility index (Phi) is 7.52. The average molecular weight is 497 g/mol. The van der Waals surface area contributed by atoms with Crippen LogP contribution in [0.25, 0.3) is 22.1 Å². The number of nitrogens with one attached hydrogen (secondary N) is 1. The molecule has 5 rings (SSSR count). The SMILES string of the molecule is Cc1cccc(Cn2c3ccccc3c3nnc(SCCCC(=O)NCCc4ccccn4)nc32)c1. The molecule has 0 unspecified atom stereocenters. The second-order valence-electron chi connectivity index (χ2n) is 8.73. The van der Waals surface area contributed by atoms with Crippen molar-refractivity contribution in [1.82, 2.24) is 30.0 Å². The Balaban J connectivity index is 1.22. The fourth-order valence-electron chi connectivity index (χ4n) is 4.26. The Hall–Kier alpha value is -3.78. The number of carbonyl (C=O) groups is 1. The van der Waals surface area contributed by atoms with Crippen molar-refractivity contribution >= 4 is 39.7 Å². The first-order chi connectivity index (χ1) is 17.7. The number of amides is 1. The minimum Gasteiger partial charge on any atom is -0.356 e. The van der Waals surface area contributed by atoms with Gasteiger partial charge in [-0.1, -0.05) is 65.9 Å². The highest BCUT2D eigenvalue weighted by molar-refractivity contribution is 7.99. The number of fused-ring (bicyclic) bond motifs is 3. The number of rotatable bonds is 10. The number of carbonyl (C=O) groups excluding carboxylic acids is 1. The summed E-state index contributed by atoms with van der Waals surface area (Å²) in [4.78, 5) is 21.3. The topological polar surface area (TPSA) is 85.6 Å². The first kappa shape index (κ1) is 23.9. The number of aryl methyl sites for hydroxylation is 1. The van der Waals surface area contributed by atoms with E-state index in [0.717, 1.165) is 46.4 Å². The Morgan fingerprint density at radius 2 is 1.92 bits per heavy atom. The lowest BCUT2D eigenvalue weighted by Crippen LogP contribution is -2.25. The fraction of sp³-hybridized carbons (Fsp3) is 0.250. The lowest BCUT2D eigenvalue weighted by atomic mass is 10.1. The van der Waals surface area contributed by atoms with Crippen LogP contribution >= 0.6 is 11.8 Å². The van der Waals surface area contributed by atoms with E-state index in [1.807, 2.05) is 30.3 Å². The molecular weight excluding hydrogens is 468 g/mol. The van der Waals surface area contributed by atoms with Crippen LogP contribution in [-0.2, 0) is 17.8 Å². The fourth-order valence-corrected chi connectivity index (χ4v) is 4.98. The molecule has 0 radical (unpaired) electrons. The van der Waals surface area contributed by atoms with E-state index in [-0.39, 0.29) is 5.91 Å². The molecule has 0 aliphatic carbocycles. The van der Waals surface area contributed by atoms with Crippen LogP contribution in [0.15, 0.2) is 78.1 Å². The molecule has 8 heteroatoms. The Bertz CT molecular complexity index is 1480. The van der Waals surface area contributed by atoms with E-state index < -0.39 is 0 Å². The predicted octanol–water partition coefficient (Wildman–Crippen LogP) is 4.96. The van der Waals surface area contributed by atoms with E-state index in [2.05, 4.69) is 68.4 Å². The number of hydrogen-bond acceptors (Lipinski definition) is 6. The zero-order chi connectivity index (χ0) is 24.7. The van der Waals surface area contributed by atoms with Gasteiger partial charge in [-0.25, -0.2) is 4.98 Å². The third-order valence-corrected chi connectivity index (χ3v) is 6.91. The summed E-state index contributed by atoms with van der Waals surface area (Å²) < 4.78 is 2.22. The molecule has 1 N–H and O–H groups in total. The maximum absolute atomic E-state index is 12.2. The zero-order valence-electron chi connectivity index (χ0n) is 20.2. The minimum atomic E-state index is 0.0549. The number of aromatic nitrogens is 5. The molecule has 0 aliphatic heterocycles. The molecule has 182 valence electrons. The standard InChI is InChI=1S/C28H28N6OS/c1-20-8-6-9-21(18-20)19-34-24-12-3-2-11-23(24)26-27(34)31-28(33-32-26)36-17-7-13-25(35)30-16-14-22-10-4-5-15-29-22/h2-6,8-12,15,18H,7,13-14,16-17,19H2,1H3,(H,30,35). The van der Waals surface area contributed by atoms with E-state index in [1.54, 1.807) is 6.20 Å². The molecule has 0 fully saturated rings. The number of hydrogen-bond donors (Lipinski definition) is 1. The van der Waals surface area contributed by atoms with E-state index in [1.165, 1.54) is 22.9 Å². The second-order valence-corrected chi connectivity index (χ2v) is 9.79. The first-order valence-electron chi connectivity index (χ1n) is 12.1. The normalized spacial score (nSPS) is 11.2. The van der Waals surface area contributed by atoms with Crippen LogP contribution < -0.4 is 5.32 Å². The largest absolute Gasteiger partial charge is 0.356 e. The lowest BCUT2D eigenvalue weighted by Gasteiger charge is -2.08. The molecule has 3 aromatic heterocycles. The third-order valence-electron chi connectivity index (χ3n) is 5.99. The van der Waals surface area contributed by atoms with Gasteiger partial charge in [0.25, 0.3) is 0 Å². The molecule has 0 bridgehead atoms. The smallest absolute Gasteiger partial charge is 0.220 e. The van der Waals surface area contributed by atoms with Crippen LogP contribution in [0.2, 0.25) is 0 Å². The molecule has 3 heterocycles. The monoisotopic (exact) mass is 496 g/mol.